The van der Waals surface area contributed by atoms with Crippen LogP contribution in [-0.2, 0) is 9.59 Å². The molecule has 1 heterocycles. The molecule has 0 aliphatic carbocycles. The maximum atomic E-state index is 12.6. The van der Waals surface area contributed by atoms with Gasteiger partial charge < -0.3 is 15.4 Å². The first-order chi connectivity index (χ1) is 13.4. The summed E-state index contributed by atoms with van der Waals surface area (Å²) in [6.45, 7) is 1.52. The number of amides is 4. The Labute approximate surface area is 170 Å². The molecule has 0 bridgehead atoms. The summed E-state index contributed by atoms with van der Waals surface area (Å²) in [4.78, 5) is 37.9. The van der Waals surface area contributed by atoms with Gasteiger partial charge in [0.1, 0.15) is 18.0 Å². The molecular weight excluding hydrogens is 426 g/mol. The van der Waals surface area contributed by atoms with Gasteiger partial charge in [0.15, 0.2) is 0 Å². The van der Waals surface area contributed by atoms with E-state index in [1.165, 1.54) is 13.2 Å². The number of hydrogen-bond acceptors (Lipinski definition) is 4. The van der Waals surface area contributed by atoms with Gasteiger partial charge in [0.25, 0.3) is 5.91 Å². The number of carbonyl (C=O) groups is 3. The van der Waals surface area contributed by atoms with Crippen LogP contribution in [0.1, 0.15) is 11.1 Å². The minimum atomic E-state index is -0.649. The van der Waals surface area contributed by atoms with Crippen molar-refractivity contribution in [2.75, 3.05) is 19.0 Å². The lowest BCUT2D eigenvalue weighted by atomic mass is 10.1. The van der Waals surface area contributed by atoms with Gasteiger partial charge in [0.05, 0.1) is 7.11 Å². The molecule has 2 aromatic carbocycles. The number of nitrogens with one attached hydrogen (secondary N) is 2. The van der Waals surface area contributed by atoms with E-state index in [0.717, 1.165) is 14.9 Å². The second-order valence-corrected chi connectivity index (χ2v) is 7.10. The van der Waals surface area contributed by atoms with Gasteiger partial charge in [-0.15, -0.1) is 0 Å². The maximum Gasteiger partial charge on any atom is 0.329 e. The number of hydrogen-bond donors (Lipinski definition) is 2. The Morgan fingerprint density at radius 1 is 1.25 bits per heavy atom. The number of imide groups is 1. The lowest BCUT2D eigenvalue weighted by Crippen LogP contribution is -2.38. The van der Waals surface area contributed by atoms with Crippen LogP contribution in [0.15, 0.2) is 52.6 Å². The Hall–Kier alpha value is -3.13. The number of carbonyl (C=O) groups excluding carboxylic acids is 3. The van der Waals surface area contributed by atoms with E-state index in [-0.39, 0.29) is 12.2 Å². The number of nitrogens with zero attached hydrogens (tertiary/aromatic N) is 1. The Morgan fingerprint density at radius 3 is 2.75 bits per heavy atom. The fraction of sp³-hybridized carbons (Fsp3) is 0.150. The number of methoxy groups -OCH3 is 1. The number of benzene rings is 2. The van der Waals surface area contributed by atoms with Gasteiger partial charge in [-0.2, -0.15) is 0 Å². The second-order valence-electron chi connectivity index (χ2n) is 6.18. The highest BCUT2D eigenvalue weighted by Crippen LogP contribution is 2.26. The predicted molar refractivity (Wildman–Crippen MR) is 109 cm³/mol. The van der Waals surface area contributed by atoms with Crippen molar-refractivity contribution in [2.45, 2.75) is 6.92 Å². The molecule has 0 saturated carbocycles. The first-order valence-corrected chi connectivity index (χ1v) is 9.21. The van der Waals surface area contributed by atoms with Gasteiger partial charge in [-0.25, -0.2) is 9.69 Å². The smallest absolute Gasteiger partial charge is 0.329 e. The van der Waals surface area contributed by atoms with Crippen molar-refractivity contribution in [3.63, 3.8) is 0 Å². The number of rotatable bonds is 5. The molecule has 1 aliphatic rings. The summed E-state index contributed by atoms with van der Waals surface area (Å²) in [5.74, 6) is -0.491. The maximum absolute atomic E-state index is 12.6. The summed E-state index contributed by atoms with van der Waals surface area (Å²) in [6, 6.07) is 11.9. The second kappa shape index (κ2) is 8.26. The molecule has 1 saturated heterocycles. The van der Waals surface area contributed by atoms with Crippen LogP contribution < -0.4 is 15.4 Å². The minimum Gasteiger partial charge on any atom is -0.496 e. The summed E-state index contributed by atoms with van der Waals surface area (Å²) in [5.41, 5.74) is 2.28. The van der Waals surface area contributed by atoms with Crippen molar-refractivity contribution in [3.8, 4) is 5.75 Å². The van der Waals surface area contributed by atoms with Gasteiger partial charge in [-0.3, -0.25) is 9.59 Å². The van der Waals surface area contributed by atoms with Crippen molar-refractivity contribution in [1.29, 1.82) is 0 Å². The van der Waals surface area contributed by atoms with Crippen LogP contribution in [-0.4, -0.2) is 36.4 Å². The van der Waals surface area contributed by atoms with E-state index in [4.69, 9.17) is 4.74 Å². The summed E-state index contributed by atoms with van der Waals surface area (Å²) in [5, 5.41) is 5.18. The van der Waals surface area contributed by atoms with Gasteiger partial charge in [-0.05, 0) is 48.9 Å². The Morgan fingerprint density at radius 2 is 2.04 bits per heavy atom. The van der Waals surface area contributed by atoms with Crippen LogP contribution in [0.4, 0.5) is 10.5 Å². The van der Waals surface area contributed by atoms with E-state index >= 15 is 0 Å². The molecule has 0 atom stereocenters. The third kappa shape index (κ3) is 4.40. The fourth-order valence-electron chi connectivity index (χ4n) is 2.76. The predicted octanol–water partition coefficient (Wildman–Crippen LogP) is 3.30. The fourth-order valence-corrected chi connectivity index (χ4v) is 3.13. The summed E-state index contributed by atoms with van der Waals surface area (Å²) < 4.78 is 6.07. The van der Waals surface area contributed by atoms with Gasteiger partial charge in [0, 0.05) is 15.7 Å². The van der Waals surface area contributed by atoms with E-state index in [1.54, 1.807) is 30.3 Å². The molecule has 4 amide bonds. The molecule has 8 heteroatoms. The molecule has 144 valence electrons. The molecular formula is C20H18BrN3O4. The van der Waals surface area contributed by atoms with E-state index in [2.05, 4.69) is 26.6 Å². The summed E-state index contributed by atoms with van der Waals surface area (Å²) in [6.07, 6.45) is 1.52. The van der Waals surface area contributed by atoms with E-state index < -0.39 is 17.8 Å². The molecule has 0 radical (unpaired) electrons. The van der Waals surface area contributed by atoms with Gasteiger partial charge >= 0.3 is 6.03 Å². The topological polar surface area (TPSA) is 87.7 Å². The first-order valence-electron chi connectivity index (χ1n) is 8.42. The molecule has 0 spiro atoms. The number of aryl methyl sites for hydroxylation is 1. The number of ether oxygens (including phenoxy) is 1. The van der Waals surface area contributed by atoms with Crippen LogP contribution in [0, 0.1) is 6.92 Å². The van der Waals surface area contributed by atoms with Crippen LogP contribution in [0.25, 0.3) is 6.08 Å². The molecule has 7 nitrogen and oxygen atoms in total. The standard InChI is InChI=1S/C20H18BrN3O4/c1-12-4-3-5-15(8-12)22-18(25)11-24-19(26)16(23-20(24)27)10-13-9-14(21)6-7-17(13)28-2/h3-10H,11H2,1-2H3,(H,22,25)(H,23,27). The van der Waals surface area contributed by atoms with Crippen molar-refractivity contribution in [1.82, 2.24) is 10.2 Å². The highest BCUT2D eigenvalue weighted by molar-refractivity contribution is 9.10. The van der Waals surface area contributed by atoms with Crippen molar-refractivity contribution >= 4 is 45.5 Å². The molecule has 1 aliphatic heterocycles. The van der Waals surface area contributed by atoms with Crippen molar-refractivity contribution < 1.29 is 19.1 Å². The molecule has 2 N–H and O–H groups in total. The SMILES string of the molecule is COc1ccc(Br)cc1C=C1NC(=O)N(CC(=O)Nc2cccc(C)c2)C1=O. The van der Waals surface area contributed by atoms with E-state index in [1.807, 2.05) is 19.1 Å². The minimum absolute atomic E-state index is 0.0738. The number of anilines is 1. The van der Waals surface area contributed by atoms with Crippen LogP contribution in [0.3, 0.4) is 0 Å². The van der Waals surface area contributed by atoms with Crippen molar-refractivity contribution in [2.24, 2.45) is 0 Å². The third-order valence-corrected chi connectivity index (χ3v) is 4.55. The zero-order valence-electron chi connectivity index (χ0n) is 15.3. The summed E-state index contributed by atoms with van der Waals surface area (Å²) in [7, 11) is 1.52. The quantitative estimate of drug-likeness (QED) is 0.548. The van der Waals surface area contributed by atoms with Gasteiger partial charge in [-0.1, -0.05) is 28.1 Å². The Balaban J connectivity index is 1.75. The number of halogens is 1. The Bertz CT molecular complexity index is 987. The highest BCUT2D eigenvalue weighted by atomic mass is 79.9. The normalized spacial score (nSPS) is 15.0. The molecule has 3 rings (SSSR count). The average Bonchev–Trinajstić information content (AvgIpc) is 2.89. The highest BCUT2D eigenvalue weighted by Gasteiger charge is 2.35. The monoisotopic (exact) mass is 443 g/mol. The van der Waals surface area contributed by atoms with Gasteiger partial charge in [0.2, 0.25) is 5.91 Å². The molecule has 28 heavy (non-hydrogen) atoms. The Kier molecular flexibility index (Phi) is 5.79. The van der Waals surface area contributed by atoms with Crippen LogP contribution in [0.2, 0.25) is 0 Å². The lowest BCUT2D eigenvalue weighted by Gasteiger charge is -2.12. The first kappa shape index (κ1) is 19.6. The van der Waals surface area contributed by atoms with Crippen LogP contribution in [0.5, 0.6) is 5.75 Å². The summed E-state index contributed by atoms with van der Waals surface area (Å²) >= 11 is 3.36. The molecule has 0 unspecified atom stereocenters. The van der Waals surface area contributed by atoms with Crippen LogP contribution >= 0.6 is 15.9 Å². The third-order valence-electron chi connectivity index (χ3n) is 4.06. The molecule has 2 aromatic rings. The van der Waals surface area contributed by atoms with Crippen molar-refractivity contribution in [3.05, 3.63) is 63.8 Å². The zero-order chi connectivity index (χ0) is 20.3. The molecule has 0 aromatic heterocycles. The van der Waals surface area contributed by atoms with E-state index in [0.29, 0.717) is 17.0 Å². The lowest BCUT2D eigenvalue weighted by molar-refractivity contribution is -0.127. The molecule has 1 fully saturated rings. The average molecular weight is 444 g/mol. The largest absolute Gasteiger partial charge is 0.496 e. The van der Waals surface area contributed by atoms with E-state index in [9.17, 15) is 14.4 Å². The number of urea groups is 1. The zero-order valence-corrected chi connectivity index (χ0v) is 16.9.